The number of fused-ring (bicyclic) bond motifs is 6. The third kappa shape index (κ3) is 4.56. The van der Waals surface area contributed by atoms with Crippen molar-refractivity contribution in [3.05, 3.63) is 155 Å². The molecular formula is C45H34N4. The third-order valence-electron chi connectivity index (χ3n) is 10.6. The standard InChI is InChI=1S/C45H34N4/c1-29-14-24-38-37-10-4-7-13-42(37)49(44(38)26-29)43-25-21-33(27-46)39(28-47)45(43)32-17-15-30(16-18-32)31-19-22-34(23-20-31)48-40-11-5-2-8-35(40)36-9-3-6-12-41(36)48/h2-6,8-12,14-19,21-25,29,31H,7,13,20,26H2,1H3. The Hall–Kier alpha value is -6.10. The maximum absolute atomic E-state index is 10.5. The maximum atomic E-state index is 10.5. The molecule has 0 bridgehead atoms. The highest BCUT2D eigenvalue weighted by atomic mass is 15.0. The molecule has 0 N–H and O–H groups in total. The van der Waals surface area contributed by atoms with E-state index in [2.05, 4.69) is 150 Å². The first-order valence-electron chi connectivity index (χ1n) is 17.2. The minimum atomic E-state index is 0.245. The maximum Gasteiger partial charge on any atom is 0.101 e. The van der Waals surface area contributed by atoms with E-state index in [1.165, 1.54) is 55.6 Å². The Balaban J connectivity index is 1.10. The Morgan fingerprint density at radius 3 is 2.14 bits per heavy atom. The largest absolute Gasteiger partial charge is 0.316 e. The van der Waals surface area contributed by atoms with Gasteiger partial charge in [0.25, 0.3) is 0 Å². The van der Waals surface area contributed by atoms with Crippen molar-refractivity contribution in [1.82, 2.24) is 9.13 Å². The van der Waals surface area contributed by atoms with Crippen LogP contribution in [0.1, 0.15) is 64.9 Å². The van der Waals surface area contributed by atoms with Gasteiger partial charge < -0.3 is 9.13 Å². The highest BCUT2D eigenvalue weighted by Gasteiger charge is 2.28. The van der Waals surface area contributed by atoms with Gasteiger partial charge in [-0.3, -0.25) is 0 Å². The molecule has 6 aromatic rings. The summed E-state index contributed by atoms with van der Waals surface area (Å²) in [6.45, 7) is 2.26. The molecule has 4 nitrogen and oxygen atoms in total. The van der Waals surface area contributed by atoms with Crippen molar-refractivity contribution < 1.29 is 0 Å². The fourth-order valence-corrected chi connectivity index (χ4v) is 8.28. The summed E-state index contributed by atoms with van der Waals surface area (Å²) in [5.74, 6) is 0.672. The fourth-order valence-electron chi connectivity index (χ4n) is 8.28. The number of hydrogen-bond donors (Lipinski definition) is 0. The number of nitrogens with zero attached hydrogens (tertiary/aromatic N) is 4. The zero-order valence-corrected chi connectivity index (χ0v) is 27.4. The summed E-state index contributed by atoms with van der Waals surface area (Å²) in [4.78, 5) is 0. The fraction of sp³-hybridized carbons (Fsp3) is 0.156. The molecule has 0 saturated carbocycles. The Bertz CT molecular complexity index is 2480. The van der Waals surface area contributed by atoms with E-state index in [4.69, 9.17) is 0 Å². The van der Waals surface area contributed by atoms with Crippen LogP contribution in [0.3, 0.4) is 0 Å². The van der Waals surface area contributed by atoms with Gasteiger partial charge in [0.2, 0.25) is 0 Å². The molecular weight excluding hydrogens is 597 g/mol. The lowest BCUT2D eigenvalue weighted by atomic mass is 9.88. The molecule has 2 unspecified atom stereocenters. The van der Waals surface area contributed by atoms with E-state index in [1.54, 1.807) is 0 Å². The van der Waals surface area contributed by atoms with Gasteiger partial charge in [-0.2, -0.15) is 10.5 Å². The first-order valence-corrected chi connectivity index (χ1v) is 17.2. The van der Waals surface area contributed by atoms with Gasteiger partial charge in [0.1, 0.15) is 12.1 Å². The molecule has 3 aliphatic rings. The van der Waals surface area contributed by atoms with Crippen LogP contribution in [-0.2, 0) is 12.8 Å². The van der Waals surface area contributed by atoms with Gasteiger partial charge in [-0.05, 0) is 73.1 Å². The van der Waals surface area contributed by atoms with E-state index in [0.717, 1.165) is 42.5 Å². The number of aromatic nitrogens is 2. The zero-order valence-electron chi connectivity index (χ0n) is 27.4. The molecule has 49 heavy (non-hydrogen) atoms. The first-order chi connectivity index (χ1) is 24.1. The summed E-state index contributed by atoms with van der Waals surface area (Å²) in [5.41, 5.74) is 13.6. The molecule has 2 aromatic heterocycles. The highest BCUT2D eigenvalue weighted by Crippen LogP contribution is 2.42. The number of rotatable bonds is 4. The van der Waals surface area contributed by atoms with Gasteiger partial charge in [0.15, 0.2) is 0 Å². The summed E-state index contributed by atoms with van der Waals surface area (Å²) < 4.78 is 4.78. The molecule has 234 valence electrons. The summed E-state index contributed by atoms with van der Waals surface area (Å²) in [7, 11) is 0. The number of nitriles is 2. The summed E-state index contributed by atoms with van der Waals surface area (Å²) in [5, 5.41) is 23.1. The van der Waals surface area contributed by atoms with Crippen molar-refractivity contribution in [1.29, 1.82) is 10.5 Å². The number of para-hydroxylation sites is 2. The quantitative estimate of drug-likeness (QED) is 0.195. The smallest absolute Gasteiger partial charge is 0.101 e. The molecule has 3 aliphatic carbocycles. The summed E-state index contributed by atoms with van der Waals surface area (Å²) in [6, 6.07) is 34.5. The van der Waals surface area contributed by atoms with Crippen molar-refractivity contribution in [3.63, 3.8) is 0 Å². The molecule has 2 atom stereocenters. The van der Waals surface area contributed by atoms with Gasteiger partial charge in [0.05, 0.1) is 27.8 Å². The summed E-state index contributed by atoms with van der Waals surface area (Å²) in [6.07, 6.45) is 19.8. The molecule has 0 saturated heterocycles. The number of benzene rings is 4. The van der Waals surface area contributed by atoms with E-state index < -0.39 is 0 Å². The van der Waals surface area contributed by atoms with Crippen molar-refractivity contribution in [2.24, 2.45) is 5.92 Å². The van der Waals surface area contributed by atoms with E-state index >= 15 is 0 Å². The topological polar surface area (TPSA) is 57.4 Å². The average molecular weight is 631 g/mol. The minimum absolute atomic E-state index is 0.245. The molecule has 9 rings (SSSR count). The van der Waals surface area contributed by atoms with Crippen molar-refractivity contribution in [2.45, 2.75) is 38.5 Å². The van der Waals surface area contributed by atoms with Gasteiger partial charge in [0, 0.05) is 50.5 Å². The zero-order chi connectivity index (χ0) is 33.1. The molecule has 0 aliphatic heterocycles. The van der Waals surface area contributed by atoms with Gasteiger partial charge >= 0.3 is 0 Å². The van der Waals surface area contributed by atoms with Crippen molar-refractivity contribution in [2.75, 3.05) is 0 Å². The lowest BCUT2D eigenvalue weighted by Crippen LogP contribution is -2.12. The second kappa shape index (κ2) is 11.6. The SMILES string of the molecule is CC1C=Cc2c3c(n(-c4ccc(C#N)c(C#N)c4-c4ccc(C5C=CC(n6c7ccccc7c7ccccc76)=CC5)cc4)c2C1)CCC=C3. The minimum Gasteiger partial charge on any atom is -0.316 e. The summed E-state index contributed by atoms with van der Waals surface area (Å²) >= 11 is 0. The second-order valence-corrected chi connectivity index (χ2v) is 13.5. The predicted octanol–water partition coefficient (Wildman–Crippen LogP) is 10.7. The van der Waals surface area contributed by atoms with Crippen LogP contribution in [0.5, 0.6) is 0 Å². The van der Waals surface area contributed by atoms with Crippen LogP contribution < -0.4 is 0 Å². The van der Waals surface area contributed by atoms with Crippen LogP contribution in [0.2, 0.25) is 0 Å². The number of hydrogen-bond acceptors (Lipinski definition) is 2. The molecule has 4 heteroatoms. The lowest BCUT2D eigenvalue weighted by Gasteiger charge is -2.22. The van der Waals surface area contributed by atoms with Crippen LogP contribution in [0, 0.1) is 28.6 Å². The van der Waals surface area contributed by atoms with Gasteiger partial charge in [-0.25, -0.2) is 0 Å². The molecule has 2 heterocycles. The van der Waals surface area contributed by atoms with Gasteiger partial charge in [-0.15, -0.1) is 0 Å². The average Bonchev–Trinajstić information content (AvgIpc) is 3.67. The number of allylic oxidation sites excluding steroid dienone is 6. The van der Waals surface area contributed by atoms with E-state index in [0.29, 0.717) is 17.0 Å². The van der Waals surface area contributed by atoms with E-state index in [1.807, 2.05) is 6.07 Å². The van der Waals surface area contributed by atoms with E-state index in [-0.39, 0.29) is 5.92 Å². The van der Waals surface area contributed by atoms with Crippen LogP contribution >= 0.6 is 0 Å². The van der Waals surface area contributed by atoms with Crippen molar-refractivity contribution >= 4 is 39.7 Å². The Morgan fingerprint density at radius 1 is 0.714 bits per heavy atom. The Morgan fingerprint density at radius 2 is 1.45 bits per heavy atom. The van der Waals surface area contributed by atoms with Crippen molar-refractivity contribution in [3.8, 4) is 29.0 Å². The predicted molar refractivity (Wildman–Crippen MR) is 200 cm³/mol. The van der Waals surface area contributed by atoms with Crippen LogP contribution in [-0.4, -0.2) is 9.13 Å². The molecule has 0 radical (unpaired) electrons. The van der Waals surface area contributed by atoms with Crippen LogP contribution in [0.15, 0.2) is 115 Å². The monoisotopic (exact) mass is 630 g/mol. The molecule has 0 amide bonds. The molecule has 0 fully saturated rings. The van der Waals surface area contributed by atoms with E-state index in [9.17, 15) is 10.5 Å². The second-order valence-electron chi connectivity index (χ2n) is 13.5. The third-order valence-corrected chi connectivity index (χ3v) is 10.6. The Kier molecular flexibility index (Phi) is 6.85. The van der Waals surface area contributed by atoms with Gasteiger partial charge in [-0.1, -0.05) is 104 Å². The van der Waals surface area contributed by atoms with Crippen LogP contribution in [0.4, 0.5) is 0 Å². The van der Waals surface area contributed by atoms with Crippen LogP contribution in [0.25, 0.3) is 56.5 Å². The first kappa shape index (κ1) is 29.1. The molecule has 0 spiro atoms. The Labute approximate surface area is 286 Å². The molecule has 4 aromatic carbocycles. The highest BCUT2D eigenvalue weighted by molar-refractivity contribution is 6.10. The lowest BCUT2D eigenvalue weighted by molar-refractivity contribution is 0.680. The normalized spacial score (nSPS) is 17.8.